The van der Waals surface area contributed by atoms with Crippen molar-refractivity contribution in [2.24, 2.45) is 0 Å². The van der Waals surface area contributed by atoms with Crippen molar-refractivity contribution in [3.63, 3.8) is 0 Å². The van der Waals surface area contributed by atoms with Gasteiger partial charge in [0.1, 0.15) is 0 Å². The van der Waals surface area contributed by atoms with Crippen LogP contribution in [0.2, 0.25) is 0 Å². The van der Waals surface area contributed by atoms with Gasteiger partial charge in [0.15, 0.2) is 0 Å². The number of benzene rings is 1. The third kappa shape index (κ3) is 2.06. The van der Waals surface area contributed by atoms with E-state index in [1.165, 1.54) is 11.1 Å². The van der Waals surface area contributed by atoms with Crippen LogP contribution < -0.4 is 5.32 Å². The standard InChI is InChI=1S/C13H19NO/c1-9(2)14-13-11-7-5-4-6-10(11)8-12(13)15-3/h4-7,9,12-14H,8H2,1-3H3/t12-,13-/m1/s1. The average molecular weight is 205 g/mol. The normalized spacial score (nSPS) is 24.5. The van der Waals surface area contributed by atoms with Crippen LogP contribution in [0.1, 0.15) is 31.0 Å². The SMILES string of the molecule is CO[C@@H]1Cc2ccccc2[C@H]1NC(C)C. The first-order valence-electron chi connectivity index (χ1n) is 5.59. The van der Waals surface area contributed by atoms with Gasteiger partial charge in [-0.3, -0.25) is 0 Å². The van der Waals surface area contributed by atoms with Crippen molar-refractivity contribution in [2.75, 3.05) is 7.11 Å². The molecule has 2 atom stereocenters. The first kappa shape index (κ1) is 10.7. The molecule has 0 aromatic heterocycles. The third-order valence-corrected chi connectivity index (χ3v) is 3.00. The van der Waals surface area contributed by atoms with Gasteiger partial charge in [0.05, 0.1) is 12.1 Å². The summed E-state index contributed by atoms with van der Waals surface area (Å²) in [6, 6.07) is 9.44. The Labute approximate surface area is 91.6 Å². The van der Waals surface area contributed by atoms with Crippen LogP contribution in [0.15, 0.2) is 24.3 Å². The topological polar surface area (TPSA) is 21.3 Å². The van der Waals surface area contributed by atoms with Crippen molar-refractivity contribution in [2.45, 2.75) is 38.5 Å². The van der Waals surface area contributed by atoms with E-state index < -0.39 is 0 Å². The Morgan fingerprint density at radius 3 is 2.73 bits per heavy atom. The van der Waals surface area contributed by atoms with Gasteiger partial charge >= 0.3 is 0 Å². The molecule has 0 bridgehead atoms. The van der Waals surface area contributed by atoms with Crippen molar-refractivity contribution in [3.8, 4) is 0 Å². The maximum Gasteiger partial charge on any atom is 0.0806 e. The quantitative estimate of drug-likeness (QED) is 0.817. The Bertz CT molecular complexity index is 335. The zero-order valence-corrected chi connectivity index (χ0v) is 9.66. The first-order chi connectivity index (χ1) is 7.22. The van der Waals surface area contributed by atoms with E-state index in [9.17, 15) is 0 Å². The van der Waals surface area contributed by atoms with Crippen molar-refractivity contribution in [1.82, 2.24) is 5.32 Å². The van der Waals surface area contributed by atoms with E-state index in [1.54, 1.807) is 7.11 Å². The van der Waals surface area contributed by atoms with Gasteiger partial charge in [0.25, 0.3) is 0 Å². The van der Waals surface area contributed by atoms with Crippen LogP contribution in [0.3, 0.4) is 0 Å². The highest BCUT2D eigenvalue weighted by atomic mass is 16.5. The highest BCUT2D eigenvalue weighted by molar-refractivity contribution is 5.36. The monoisotopic (exact) mass is 205 g/mol. The molecule has 1 aliphatic rings. The van der Waals surface area contributed by atoms with Crippen LogP contribution in [0.25, 0.3) is 0 Å². The van der Waals surface area contributed by atoms with Crippen molar-refractivity contribution >= 4 is 0 Å². The van der Waals surface area contributed by atoms with E-state index >= 15 is 0 Å². The lowest BCUT2D eigenvalue weighted by atomic mass is 10.1. The van der Waals surface area contributed by atoms with Gasteiger partial charge in [-0.1, -0.05) is 38.1 Å². The van der Waals surface area contributed by atoms with Crippen LogP contribution in [0.5, 0.6) is 0 Å². The third-order valence-electron chi connectivity index (χ3n) is 3.00. The van der Waals surface area contributed by atoms with Gasteiger partial charge in [-0.25, -0.2) is 0 Å². The zero-order chi connectivity index (χ0) is 10.8. The van der Waals surface area contributed by atoms with E-state index in [4.69, 9.17) is 4.74 Å². The van der Waals surface area contributed by atoms with Gasteiger partial charge in [0.2, 0.25) is 0 Å². The van der Waals surface area contributed by atoms with E-state index in [2.05, 4.69) is 43.4 Å². The molecule has 0 saturated carbocycles. The Kier molecular flexibility index (Phi) is 3.08. The fourth-order valence-corrected chi connectivity index (χ4v) is 2.33. The summed E-state index contributed by atoms with van der Waals surface area (Å²) in [5.74, 6) is 0. The molecule has 0 fully saturated rings. The smallest absolute Gasteiger partial charge is 0.0806 e. The second-order valence-electron chi connectivity index (χ2n) is 4.48. The fourth-order valence-electron chi connectivity index (χ4n) is 2.33. The number of ether oxygens (including phenoxy) is 1. The molecule has 0 spiro atoms. The molecule has 0 unspecified atom stereocenters. The van der Waals surface area contributed by atoms with Crippen LogP contribution in [-0.4, -0.2) is 19.3 Å². The molecule has 2 heteroatoms. The fraction of sp³-hybridized carbons (Fsp3) is 0.538. The molecular weight excluding hydrogens is 186 g/mol. The van der Waals surface area contributed by atoms with Crippen LogP contribution in [0, 0.1) is 0 Å². The summed E-state index contributed by atoms with van der Waals surface area (Å²) in [7, 11) is 1.80. The second-order valence-corrected chi connectivity index (χ2v) is 4.48. The number of fused-ring (bicyclic) bond motifs is 1. The molecule has 2 rings (SSSR count). The lowest BCUT2D eigenvalue weighted by molar-refractivity contribution is 0.0762. The van der Waals surface area contributed by atoms with Crippen molar-refractivity contribution < 1.29 is 4.74 Å². The minimum atomic E-state index is 0.282. The van der Waals surface area contributed by atoms with Gasteiger partial charge < -0.3 is 10.1 Å². The minimum Gasteiger partial charge on any atom is -0.379 e. The summed E-state index contributed by atoms with van der Waals surface area (Å²) < 4.78 is 5.54. The second kappa shape index (κ2) is 4.33. The largest absolute Gasteiger partial charge is 0.379 e. The first-order valence-corrected chi connectivity index (χ1v) is 5.59. The number of methoxy groups -OCH3 is 1. The van der Waals surface area contributed by atoms with E-state index in [-0.39, 0.29) is 6.10 Å². The average Bonchev–Trinajstić information content (AvgIpc) is 2.56. The molecule has 82 valence electrons. The predicted molar refractivity (Wildman–Crippen MR) is 62.0 cm³/mol. The lowest BCUT2D eigenvalue weighted by Gasteiger charge is -2.23. The van der Waals surface area contributed by atoms with E-state index in [0.717, 1.165) is 6.42 Å². The molecule has 0 heterocycles. The maximum absolute atomic E-state index is 5.54. The Balaban J connectivity index is 2.25. The summed E-state index contributed by atoms with van der Waals surface area (Å²) in [6.07, 6.45) is 1.31. The van der Waals surface area contributed by atoms with Crippen LogP contribution in [-0.2, 0) is 11.2 Å². The lowest BCUT2D eigenvalue weighted by Crippen LogP contribution is -2.34. The summed E-state index contributed by atoms with van der Waals surface area (Å²) in [4.78, 5) is 0. The molecule has 1 aromatic rings. The summed E-state index contributed by atoms with van der Waals surface area (Å²) in [5.41, 5.74) is 2.82. The molecule has 1 aliphatic carbocycles. The Hall–Kier alpha value is -0.860. The van der Waals surface area contributed by atoms with E-state index in [0.29, 0.717) is 12.1 Å². The van der Waals surface area contributed by atoms with E-state index in [1.807, 2.05) is 0 Å². The summed E-state index contributed by atoms with van der Waals surface area (Å²) in [5, 5.41) is 3.57. The Morgan fingerprint density at radius 1 is 1.33 bits per heavy atom. The molecule has 0 saturated heterocycles. The molecule has 15 heavy (non-hydrogen) atoms. The van der Waals surface area contributed by atoms with Crippen LogP contribution >= 0.6 is 0 Å². The van der Waals surface area contributed by atoms with Crippen molar-refractivity contribution in [1.29, 1.82) is 0 Å². The molecular formula is C13H19NO. The Morgan fingerprint density at radius 2 is 2.07 bits per heavy atom. The summed E-state index contributed by atoms with van der Waals surface area (Å²) in [6.45, 7) is 4.35. The van der Waals surface area contributed by atoms with Gasteiger partial charge in [-0.15, -0.1) is 0 Å². The van der Waals surface area contributed by atoms with Gasteiger partial charge in [-0.05, 0) is 11.1 Å². The minimum absolute atomic E-state index is 0.282. The maximum atomic E-state index is 5.54. The van der Waals surface area contributed by atoms with Crippen LogP contribution in [0.4, 0.5) is 0 Å². The molecule has 0 aliphatic heterocycles. The number of rotatable bonds is 3. The molecule has 1 N–H and O–H groups in total. The van der Waals surface area contributed by atoms with Gasteiger partial charge in [0, 0.05) is 19.6 Å². The molecule has 2 nitrogen and oxygen atoms in total. The van der Waals surface area contributed by atoms with Gasteiger partial charge in [-0.2, -0.15) is 0 Å². The number of nitrogens with one attached hydrogen (secondary N) is 1. The highest BCUT2D eigenvalue weighted by Crippen LogP contribution is 2.33. The number of hydrogen-bond acceptors (Lipinski definition) is 2. The molecule has 0 amide bonds. The van der Waals surface area contributed by atoms with Crippen molar-refractivity contribution in [3.05, 3.63) is 35.4 Å². The predicted octanol–water partition coefficient (Wildman–Crippen LogP) is 2.30. The molecule has 0 radical (unpaired) electrons. The summed E-state index contributed by atoms with van der Waals surface area (Å²) >= 11 is 0. The number of hydrogen-bond donors (Lipinski definition) is 1. The highest BCUT2D eigenvalue weighted by Gasteiger charge is 2.32. The zero-order valence-electron chi connectivity index (χ0n) is 9.66. The molecule has 1 aromatic carbocycles.